The molecule has 1 N–H and O–H groups in total. The fraction of sp³-hybridized carbons (Fsp3) is 0.647. The molecule has 0 aromatic heterocycles. The minimum absolute atomic E-state index is 0.769. The Balaban J connectivity index is 2.35. The van der Waals surface area contributed by atoms with Gasteiger partial charge >= 0.3 is 0 Å². The maximum Gasteiger partial charge on any atom is 0.161 e. The maximum absolute atomic E-state index is 5.87. The van der Waals surface area contributed by atoms with Crippen LogP contribution in [0.15, 0.2) is 18.2 Å². The van der Waals surface area contributed by atoms with Crippen LogP contribution in [0.4, 0.5) is 0 Å². The van der Waals surface area contributed by atoms with Gasteiger partial charge in [-0.1, -0.05) is 45.1 Å². The summed E-state index contributed by atoms with van der Waals surface area (Å²) in [7, 11) is 3.63. The molecule has 0 aliphatic carbocycles. The standard InChI is InChI=1S/C17H29NO2/c1-4-5-6-7-8-9-12-20-17-13-15(14-18-2)10-11-16(17)19-3/h10-11,13,18H,4-9,12,14H2,1-3H3. The lowest BCUT2D eigenvalue weighted by Crippen LogP contribution is -2.06. The monoisotopic (exact) mass is 279 g/mol. The van der Waals surface area contributed by atoms with Crippen LogP contribution in [0.25, 0.3) is 0 Å². The predicted molar refractivity (Wildman–Crippen MR) is 84.6 cm³/mol. The van der Waals surface area contributed by atoms with Gasteiger partial charge in [0.15, 0.2) is 11.5 Å². The molecule has 0 spiro atoms. The molecular weight excluding hydrogens is 250 g/mol. The van der Waals surface area contributed by atoms with E-state index in [2.05, 4.69) is 24.4 Å². The average molecular weight is 279 g/mol. The van der Waals surface area contributed by atoms with Crippen molar-refractivity contribution in [3.63, 3.8) is 0 Å². The Morgan fingerprint density at radius 1 is 1.00 bits per heavy atom. The number of unbranched alkanes of at least 4 members (excludes halogenated alkanes) is 5. The first-order valence-corrected chi connectivity index (χ1v) is 7.76. The third kappa shape index (κ3) is 6.29. The second kappa shape index (κ2) is 10.6. The van der Waals surface area contributed by atoms with E-state index in [1.54, 1.807) is 7.11 Å². The Kier molecular flexibility index (Phi) is 8.88. The van der Waals surface area contributed by atoms with Crippen molar-refractivity contribution in [2.45, 2.75) is 52.0 Å². The summed E-state index contributed by atoms with van der Waals surface area (Å²) in [5.41, 5.74) is 1.21. The predicted octanol–water partition coefficient (Wildman–Crippen LogP) is 4.15. The van der Waals surface area contributed by atoms with Gasteiger partial charge < -0.3 is 14.8 Å². The first-order valence-electron chi connectivity index (χ1n) is 7.76. The van der Waals surface area contributed by atoms with Gasteiger partial charge in [-0.2, -0.15) is 0 Å². The van der Waals surface area contributed by atoms with Crippen LogP contribution in [0.5, 0.6) is 11.5 Å². The number of methoxy groups -OCH3 is 1. The highest BCUT2D eigenvalue weighted by Crippen LogP contribution is 2.28. The lowest BCUT2D eigenvalue weighted by molar-refractivity contribution is 0.284. The van der Waals surface area contributed by atoms with Crippen molar-refractivity contribution in [2.24, 2.45) is 0 Å². The van der Waals surface area contributed by atoms with Gasteiger partial charge in [0.05, 0.1) is 13.7 Å². The Labute approximate surface area is 123 Å². The van der Waals surface area contributed by atoms with Gasteiger partial charge in [-0.05, 0) is 31.2 Å². The van der Waals surface area contributed by atoms with Crippen molar-refractivity contribution in [1.82, 2.24) is 5.32 Å². The minimum atomic E-state index is 0.769. The SMILES string of the molecule is CCCCCCCCOc1cc(CNC)ccc1OC. The number of benzene rings is 1. The Morgan fingerprint density at radius 3 is 2.45 bits per heavy atom. The Hall–Kier alpha value is -1.22. The van der Waals surface area contributed by atoms with Crippen LogP contribution in [0.1, 0.15) is 51.0 Å². The molecule has 0 fully saturated rings. The van der Waals surface area contributed by atoms with E-state index < -0.39 is 0 Å². The van der Waals surface area contributed by atoms with Crippen LogP contribution in [0.3, 0.4) is 0 Å². The van der Waals surface area contributed by atoms with E-state index in [1.807, 2.05) is 13.1 Å². The summed E-state index contributed by atoms with van der Waals surface area (Å²) in [4.78, 5) is 0. The molecule has 3 heteroatoms. The summed E-state index contributed by atoms with van der Waals surface area (Å²) in [5, 5.41) is 3.15. The quantitative estimate of drug-likeness (QED) is 0.617. The van der Waals surface area contributed by atoms with Gasteiger partial charge in [0.1, 0.15) is 0 Å². The zero-order valence-electron chi connectivity index (χ0n) is 13.2. The molecule has 0 unspecified atom stereocenters. The summed E-state index contributed by atoms with van der Waals surface area (Å²) in [6.45, 7) is 3.86. The summed E-state index contributed by atoms with van der Waals surface area (Å²) in [6.07, 6.45) is 7.67. The second-order valence-corrected chi connectivity index (χ2v) is 5.13. The van der Waals surface area contributed by atoms with E-state index in [9.17, 15) is 0 Å². The molecule has 0 atom stereocenters. The molecule has 0 amide bonds. The van der Waals surface area contributed by atoms with Crippen LogP contribution in [0.2, 0.25) is 0 Å². The van der Waals surface area contributed by atoms with Gasteiger partial charge in [0.25, 0.3) is 0 Å². The molecule has 20 heavy (non-hydrogen) atoms. The fourth-order valence-electron chi connectivity index (χ4n) is 2.21. The summed E-state index contributed by atoms with van der Waals surface area (Å²) >= 11 is 0. The molecule has 0 radical (unpaired) electrons. The van der Waals surface area contributed by atoms with Crippen molar-refractivity contribution in [3.8, 4) is 11.5 Å². The van der Waals surface area contributed by atoms with Crippen molar-refractivity contribution in [2.75, 3.05) is 20.8 Å². The number of rotatable bonds is 11. The van der Waals surface area contributed by atoms with Gasteiger partial charge in [0, 0.05) is 6.54 Å². The first kappa shape index (κ1) is 16.8. The van der Waals surface area contributed by atoms with Gasteiger partial charge in [0.2, 0.25) is 0 Å². The van der Waals surface area contributed by atoms with Gasteiger partial charge in [-0.3, -0.25) is 0 Å². The van der Waals surface area contributed by atoms with E-state index >= 15 is 0 Å². The molecule has 0 aliphatic heterocycles. The molecule has 0 saturated carbocycles. The normalized spacial score (nSPS) is 10.6. The van der Waals surface area contributed by atoms with E-state index in [0.29, 0.717) is 0 Å². The molecule has 0 aliphatic rings. The number of nitrogens with one attached hydrogen (secondary N) is 1. The Morgan fingerprint density at radius 2 is 1.75 bits per heavy atom. The first-order chi connectivity index (χ1) is 9.81. The van der Waals surface area contributed by atoms with E-state index in [0.717, 1.165) is 31.1 Å². The van der Waals surface area contributed by atoms with E-state index in [4.69, 9.17) is 9.47 Å². The van der Waals surface area contributed by atoms with Crippen molar-refractivity contribution in [3.05, 3.63) is 23.8 Å². The maximum atomic E-state index is 5.87. The summed E-state index contributed by atoms with van der Waals surface area (Å²) in [6, 6.07) is 6.10. The van der Waals surface area contributed by atoms with Crippen LogP contribution < -0.4 is 14.8 Å². The average Bonchev–Trinajstić information content (AvgIpc) is 2.47. The summed E-state index contributed by atoms with van der Waals surface area (Å²) in [5.74, 6) is 1.67. The molecule has 114 valence electrons. The Bertz CT molecular complexity index is 366. The third-order valence-electron chi connectivity index (χ3n) is 3.36. The largest absolute Gasteiger partial charge is 0.493 e. The highest BCUT2D eigenvalue weighted by Gasteiger charge is 2.05. The number of ether oxygens (including phenoxy) is 2. The lowest BCUT2D eigenvalue weighted by Gasteiger charge is -2.12. The second-order valence-electron chi connectivity index (χ2n) is 5.13. The highest BCUT2D eigenvalue weighted by atomic mass is 16.5. The lowest BCUT2D eigenvalue weighted by atomic mass is 10.1. The zero-order chi connectivity index (χ0) is 14.6. The van der Waals surface area contributed by atoms with E-state index in [1.165, 1.54) is 37.7 Å². The van der Waals surface area contributed by atoms with Crippen molar-refractivity contribution in [1.29, 1.82) is 0 Å². The van der Waals surface area contributed by atoms with Gasteiger partial charge in [-0.25, -0.2) is 0 Å². The van der Waals surface area contributed by atoms with Crippen LogP contribution in [-0.2, 0) is 6.54 Å². The smallest absolute Gasteiger partial charge is 0.161 e. The number of hydrogen-bond donors (Lipinski definition) is 1. The topological polar surface area (TPSA) is 30.5 Å². The van der Waals surface area contributed by atoms with Crippen LogP contribution in [-0.4, -0.2) is 20.8 Å². The molecule has 1 aromatic carbocycles. The van der Waals surface area contributed by atoms with Crippen molar-refractivity contribution >= 4 is 0 Å². The zero-order valence-corrected chi connectivity index (χ0v) is 13.2. The molecule has 1 aromatic rings. The van der Waals surface area contributed by atoms with Gasteiger partial charge in [-0.15, -0.1) is 0 Å². The third-order valence-corrected chi connectivity index (χ3v) is 3.36. The number of hydrogen-bond acceptors (Lipinski definition) is 3. The van der Waals surface area contributed by atoms with E-state index in [-0.39, 0.29) is 0 Å². The molecule has 0 bridgehead atoms. The fourth-order valence-corrected chi connectivity index (χ4v) is 2.21. The molecule has 1 rings (SSSR count). The molecular formula is C17H29NO2. The molecule has 0 saturated heterocycles. The molecule has 0 heterocycles. The van der Waals surface area contributed by atoms with Crippen molar-refractivity contribution < 1.29 is 9.47 Å². The minimum Gasteiger partial charge on any atom is -0.493 e. The summed E-state index contributed by atoms with van der Waals surface area (Å²) < 4.78 is 11.2. The van der Waals surface area contributed by atoms with Crippen LogP contribution in [0, 0.1) is 0 Å². The van der Waals surface area contributed by atoms with Crippen LogP contribution >= 0.6 is 0 Å². The molecule has 3 nitrogen and oxygen atoms in total. The highest BCUT2D eigenvalue weighted by molar-refractivity contribution is 5.42.